The monoisotopic (exact) mass is 378 g/mol. The first kappa shape index (κ1) is 16.2. The van der Waals surface area contributed by atoms with Crippen LogP contribution in [0.4, 0.5) is 0 Å². The summed E-state index contributed by atoms with van der Waals surface area (Å²) in [5, 5.41) is 4.21. The van der Waals surface area contributed by atoms with E-state index in [9.17, 15) is 0 Å². The lowest BCUT2D eigenvalue weighted by molar-refractivity contribution is 0.270. The number of nitrogens with zero attached hydrogens (tertiary/aromatic N) is 5. The van der Waals surface area contributed by atoms with Crippen LogP contribution in [0.3, 0.4) is 0 Å². The van der Waals surface area contributed by atoms with Crippen molar-refractivity contribution in [2.45, 2.75) is 26.2 Å². The van der Waals surface area contributed by atoms with Crippen LogP contribution < -0.4 is 5.73 Å². The van der Waals surface area contributed by atoms with E-state index in [1.54, 1.807) is 11.0 Å². The summed E-state index contributed by atoms with van der Waals surface area (Å²) in [6, 6.07) is 0. The zero-order valence-electron chi connectivity index (χ0n) is 11.6. The number of guanidine groups is 1. The van der Waals surface area contributed by atoms with Crippen molar-refractivity contribution in [1.29, 1.82) is 0 Å². The number of rotatable bonds is 3. The highest BCUT2D eigenvalue weighted by molar-refractivity contribution is 14.0. The molecule has 2 heterocycles. The van der Waals surface area contributed by atoms with Crippen LogP contribution in [-0.4, -0.2) is 45.3 Å². The van der Waals surface area contributed by atoms with Gasteiger partial charge in [0.2, 0.25) is 0 Å². The van der Waals surface area contributed by atoms with E-state index in [4.69, 9.17) is 5.73 Å². The van der Waals surface area contributed by atoms with E-state index in [1.807, 2.05) is 7.05 Å². The third kappa shape index (κ3) is 4.96. The number of aromatic nitrogens is 3. The Balaban J connectivity index is 0.00000180. The van der Waals surface area contributed by atoms with E-state index in [0.29, 0.717) is 18.4 Å². The molecule has 0 aromatic carbocycles. The lowest BCUT2D eigenvalue weighted by Crippen LogP contribution is -2.43. The topological polar surface area (TPSA) is 72.3 Å². The van der Waals surface area contributed by atoms with Gasteiger partial charge >= 0.3 is 0 Å². The van der Waals surface area contributed by atoms with Crippen LogP contribution in [-0.2, 0) is 13.5 Å². The number of hydrogen-bond acceptors (Lipinski definition) is 3. The van der Waals surface area contributed by atoms with E-state index >= 15 is 0 Å². The number of aryl methyl sites for hydroxylation is 1. The molecule has 0 bridgehead atoms. The fourth-order valence-corrected chi connectivity index (χ4v) is 2.27. The average Bonchev–Trinajstić information content (AvgIpc) is 2.75. The molecule has 0 spiro atoms. The van der Waals surface area contributed by atoms with Gasteiger partial charge in [-0.3, -0.25) is 9.67 Å². The standard InChI is InChI=1S/C12H22N6.HI/c1-10-4-3-7-18(8-10)12(13)14-6-5-11-15-9-17(2)16-11;/h9-10H,3-8H2,1-2H3,(H2,13,14);1H. The highest BCUT2D eigenvalue weighted by Crippen LogP contribution is 2.14. The van der Waals surface area contributed by atoms with Gasteiger partial charge in [0.25, 0.3) is 0 Å². The SMILES string of the molecule is CC1CCCN(C(N)=NCCc2ncn(C)n2)C1.I. The van der Waals surface area contributed by atoms with Crippen molar-refractivity contribution in [3.05, 3.63) is 12.2 Å². The Hall–Kier alpha value is -0.860. The summed E-state index contributed by atoms with van der Waals surface area (Å²) in [5.41, 5.74) is 6.01. The van der Waals surface area contributed by atoms with Gasteiger partial charge in [0.1, 0.15) is 6.33 Å². The number of aliphatic imine (C=N–C) groups is 1. The van der Waals surface area contributed by atoms with Crippen LogP contribution in [0.15, 0.2) is 11.3 Å². The third-order valence-corrected chi connectivity index (χ3v) is 3.24. The third-order valence-electron chi connectivity index (χ3n) is 3.24. The van der Waals surface area contributed by atoms with Crippen LogP contribution in [0.5, 0.6) is 0 Å². The van der Waals surface area contributed by atoms with E-state index in [2.05, 4.69) is 26.9 Å². The van der Waals surface area contributed by atoms with Crippen molar-refractivity contribution in [1.82, 2.24) is 19.7 Å². The Morgan fingerprint density at radius 3 is 3.00 bits per heavy atom. The molecule has 1 aliphatic rings. The summed E-state index contributed by atoms with van der Waals surface area (Å²) >= 11 is 0. The van der Waals surface area contributed by atoms with E-state index < -0.39 is 0 Å². The van der Waals surface area contributed by atoms with Crippen LogP contribution in [0.25, 0.3) is 0 Å². The first-order chi connectivity index (χ1) is 8.65. The Kier molecular flexibility index (Phi) is 6.53. The summed E-state index contributed by atoms with van der Waals surface area (Å²) in [6.45, 7) is 4.97. The largest absolute Gasteiger partial charge is 0.370 e. The summed E-state index contributed by atoms with van der Waals surface area (Å²) in [6.07, 6.45) is 4.94. The smallest absolute Gasteiger partial charge is 0.191 e. The molecule has 7 heteroatoms. The summed E-state index contributed by atoms with van der Waals surface area (Å²) in [4.78, 5) is 10.8. The van der Waals surface area contributed by atoms with Crippen molar-refractivity contribution in [3.8, 4) is 0 Å². The zero-order valence-corrected chi connectivity index (χ0v) is 13.9. The summed E-state index contributed by atoms with van der Waals surface area (Å²) in [5.74, 6) is 2.20. The van der Waals surface area contributed by atoms with E-state index in [1.165, 1.54) is 12.8 Å². The van der Waals surface area contributed by atoms with Gasteiger partial charge in [-0.1, -0.05) is 6.92 Å². The van der Waals surface area contributed by atoms with Gasteiger partial charge in [-0.25, -0.2) is 4.98 Å². The maximum Gasteiger partial charge on any atom is 0.191 e. The molecule has 1 atom stereocenters. The lowest BCUT2D eigenvalue weighted by Gasteiger charge is -2.31. The second-order valence-electron chi connectivity index (χ2n) is 5.02. The molecule has 2 rings (SSSR count). The molecule has 1 aliphatic heterocycles. The first-order valence-electron chi connectivity index (χ1n) is 6.54. The maximum absolute atomic E-state index is 6.01. The molecule has 1 saturated heterocycles. The number of piperidine rings is 1. The van der Waals surface area contributed by atoms with Crippen LogP contribution in [0, 0.1) is 5.92 Å². The summed E-state index contributed by atoms with van der Waals surface area (Å²) in [7, 11) is 1.86. The van der Waals surface area contributed by atoms with E-state index in [-0.39, 0.29) is 24.0 Å². The molecule has 0 amide bonds. The quantitative estimate of drug-likeness (QED) is 0.484. The van der Waals surface area contributed by atoms with Crippen molar-refractivity contribution in [3.63, 3.8) is 0 Å². The van der Waals surface area contributed by atoms with Gasteiger partial charge in [-0.2, -0.15) is 5.10 Å². The number of halogens is 1. The molecule has 6 nitrogen and oxygen atoms in total. The maximum atomic E-state index is 6.01. The minimum Gasteiger partial charge on any atom is -0.370 e. The molecular weight excluding hydrogens is 355 g/mol. The normalized spacial score (nSPS) is 20.2. The molecule has 1 aromatic rings. The first-order valence-corrected chi connectivity index (χ1v) is 6.54. The van der Waals surface area contributed by atoms with Gasteiger partial charge in [0.15, 0.2) is 11.8 Å². The van der Waals surface area contributed by atoms with Crippen molar-refractivity contribution >= 4 is 29.9 Å². The highest BCUT2D eigenvalue weighted by atomic mass is 127. The molecule has 0 aliphatic carbocycles. The van der Waals surface area contributed by atoms with Gasteiger partial charge < -0.3 is 10.6 Å². The van der Waals surface area contributed by atoms with Crippen molar-refractivity contribution in [2.75, 3.05) is 19.6 Å². The van der Waals surface area contributed by atoms with Crippen LogP contribution >= 0.6 is 24.0 Å². The zero-order chi connectivity index (χ0) is 13.0. The number of nitrogens with two attached hydrogens (primary N) is 1. The Morgan fingerprint density at radius 1 is 1.58 bits per heavy atom. The van der Waals surface area contributed by atoms with Crippen molar-refractivity contribution < 1.29 is 0 Å². The van der Waals surface area contributed by atoms with Gasteiger partial charge in [0.05, 0.1) is 0 Å². The Morgan fingerprint density at radius 2 is 2.37 bits per heavy atom. The lowest BCUT2D eigenvalue weighted by atomic mass is 10.0. The Bertz CT molecular complexity index is 416. The van der Waals surface area contributed by atoms with Crippen LogP contribution in [0.2, 0.25) is 0 Å². The van der Waals surface area contributed by atoms with Crippen LogP contribution in [0.1, 0.15) is 25.6 Å². The molecule has 1 unspecified atom stereocenters. The Labute approximate surface area is 131 Å². The molecule has 0 saturated carbocycles. The van der Waals surface area contributed by atoms with Gasteiger partial charge in [-0.15, -0.1) is 24.0 Å². The fraction of sp³-hybridized carbons (Fsp3) is 0.750. The molecule has 1 aromatic heterocycles. The number of hydrogen-bond donors (Lipinski definition) is 1. The highest BCUT2D eigenvalue weighted by Gasteiger charge is 2.17. The minimum absolute atomic E-state index is 0. The predicted molar refractivity (Wildman–Crippen MR) is 86.6 cm³/mol. The molecule has 2 N–H and O–H groups in total. The predicted octanol–water partition coefficient (Wildman–Crippen LogP) is 1.02. The van der Waals surface area contributed by atoms with Crippen molar-refractivity contribution in [2.24, 2.45) is 23.7 Å². The second-order valence-corrected chi connectivity index (χ2v) is 5.02. The average molecular weight is 378 g/mol. The van der Waals surface area contributed by atoms with Gasteiger partial charge in [0, 0.05) is 33.1 Å². The number of likely N-dealkylation sites (tertiary alicyclic amines) is 1. The molecule has 19 heavy (non-hydrogen) atoms. The fourth-order valence-electron chi connectivity index (χ4n) is 2.27. The molecule has 0 radical (unpaired) electrons. The minimum atomic E-state index is 0. The summed E-state index contributed by atoms with van der Waals surface area (Å²) < 4.78 is 1.70. The van der Waals surface area contributed by atoms with E-state index in [0.717, 1.165) is 25.3 Å². The van der Waals surface area contributed by atoms with Gasteiger partial charge in [-0.05, 0) is 18.8 Å². The molecular formula is C12H23IN6. The molecule has 1 fully saturated rings. The molecule has 108 valence electrons. The second kappa shape index (κ2) is 7.66.